The molecular weight excluding hydrogens is 432 g/mol. The number of aromatic hydroxyl groups is 1. The van der Waals surface area contributed by atoms with Gasteiger partial charge in [-0.2, -0.15) is 0 Å². The second-order valence-corrected chi connectivity index (χ2v) is 10.4. The molecule has 1 heterocycles. The van der Waals surface area contributed by atoms with E-state index < -0.39 is 54.3 Å². The number of aryl methyl sites for hydroxylation is 1. The average Bonchev–Trinajstić information content (AvgIpc) is 3.03. The number of carboxylic acid groups (broad SMARTS) is 1. The minimum atomic E-state index is -1.78. The highest BCUT2D eigenvalue weighted by atomic mass is 16.7. The number of phenolic OH excluding ortho intramolecular Hbond substituents is 1. The quantitative estimate of drug-likeness (QED) is 0.375. The van der Waals surface area contributed by atoms with Gasteiger partial charge in [-0.1, -0.05) is 13.0 Å². The minimum Gasteiger partial charge on any atom is -0.508 e. The van der Waals surface area contributed by atoms with Crippen molar-refractivity contribution in [3.63, 3.8) is 0 Å². The zero-order valence-electron chi connectivity index (χ0n) is 18.4. The third-order valence-electron chi connectivity index (χ3n) is 8.78. The van der Waals surface area contributed by atoms with Crippen LogP contribution in [0.3, 0.4) is 0 Å². The summed E-state index contributed by atoms with van der Waals surface area (Å²) in [5.41, 5.74) is 2.04. The highest BCUT2D eigenvalue weighted by Gasteiger charge is 2.59. The van der Waals surface area contributed by atoms with Gasteiger partial charge in [0.1, 0.15) is 24.1 Å². The minimum absolute atomic E-state index is 0.157. The largest absolute Gasteiger partial charge is 0.508 e. The summed E-state index contributed by atoms with van der Waals surface area (Å²) in [6.07, 6.45) is -5.89. The number of fused-ring (bicyclic) bond motifs is 5. The molecule has 0 bridgehead atoms. The Morgan fingerprint density at radius 3 is 2.61 bits per heavy atom. The van der Waals surface area contributed by atoms with Gasteiger partial charge in [-0.05, 0) is 78.5 Å². The Bertz CT molecular complexity index is 921. The van der Waals surface area contributed by atoms with Gasteiger partial charge < -0.3 is 40.1 Å². The third kappa shape index (κ3) is 3.57. The molecule has 6 N–H and O–H groups in total. The second-order valence-electron chi connectivity index (χ2n) is 10.4. The molecule has 182 valence electrons. The normalized spacial score (nSPS) is 46.8. The van der Waals surface area contributed by atoms with Crippen LogP contribution in [0.5, 0.6) is 5.75 Å². The van der Waals surface area contributed by atoms with E-state index in [0.717, 1.165) is 25.7 Å². The molecule has 4 aliphatic rings. The van der Waals surface area contributed by atoms with Gasteiger partial charge >= 0.3 is 5.97 Å². The number of hydrogen-bond donors (Lipinski definition) is 6. The maximum Gasteiger partial charge on any atom is 0.335 e. The summed E-state index contributed by atoms with van der Waals surface area (Å²) in [5, 5.41) is 60.7. The van der Waals surface area contributed by atoms with Crippen LogP contribution in [0.1, 0.15) is 49.7 Å². The van der Waals surface area contributed by atoms with E-state index in [4.69, 9.17) is 9.47 Å². The van der Waals surface area contributed by atoms with E-state index in [0.29, 0.717) is 18.3 Å². The van der Waals surface area contributed by atoms with Crippen LogP contribution in [-0.4, -0.2) is 79.5 Å². The Hall–Kier alpha value is -1.75. The van der Waals surface area contributed by atoms with Crippen LogP contribution in [0.25, 0.3) is 0 Å². The Kier molecular flexibility index (Phi) is 5.70. The van der Waals surface area contributed by atoms with Gasteiger partial charge in [-0.25, -0.2) is 4.79 Å². The number of carbonyl (C=O) groups is 1. The Balaban J connectivity index is 1.36. The molecule has 0 aromatic heterocycles. The fraction of sp³-hybridized carbons (Fsp3) is 0.708. The van der Waals surface area contributed by atoms with E-state index in [1.165, 1.54) is 11.1 Å². The Morgan fingerprint density at radius 1 is 1.12 bits per heavy atom. The van der Waals surface area contributed by atoms with E-state index in [2.05, 4.69) is 6.92 Å². The molecule has 1 aromatic rings. The number of aliphatic hydroxyl groups is 4. The highest BCUT2D eigenvalue weighted by molar-refractivity contribution is 5.73. The first-order chi connectivity index (χ1) is 15.6. The van der Waals surface area contributed by atoms with Gasteiger partial charge in [-0.15, -0.1) is 0 Å². The molecular formula is C24H32O9. The van der Waals surface area contributed by atoms with Crippen LogP contribution in [-0.2, 0) is 20.7 Å². The van der Waals surface area contributed by atoms with Gasteiger partial charge in [0.2, 0.25) is 0 Å². The predicted octanol–water partition coefficient (Wildman–Crippen LogP) is 0.496. The van der Waals surface area contributed by atoms with E-state index in [-0.39, 0.29) is 11.7 Å². The zero-order chi connectivity index (χ0) is 23.7. The standard InChI is InChI=1S/C24H32O9/c1-24-7-6-13-12-5-3-11(25)8-10(12)2-4-14(13)15(24)9-16(21(24)29)32-23-19(28)17(26)18(27)20(33-23)22(30)31/h3,5,8,13-21,23,25-29H,2,4,6-7,9H2,1H3,(H,30,31)/t13?,14?,15?,16?,17?,18?,19?,20?,21?,23?,24-/m0/s1. The van der Waals surface area contributed by atoms with Crippen LogP contribution in [0.2, 0.25) is 0 Å². The Morgan fingerprint density at radius 2 is 1.88 bits per heavy atom. The van der Waals surface area contributed by atoms with E-state index in [9.17, 15) is 35.4 Å². The summed E-state index contributed by atoms with van der Waals surface area (Å²) < 4.78 is 11.2. The van der Waals surface area contributed by atoms with Crippen molar-refractivity contribution in [3.05, 3.63) is 29.3 Å². The number of aliphatic hydroxyl groups excluding tert-OH is 4. The van der Waals surface area contributed by atoms with Crippen molar-refractivity contribution in [1.29, 1.82) is 0 Å². The molecule has 3 aliphatic carbocycles. The lowest BCUT2D eigenvalue weighted by molar-refractivity contribution is -0.309. The first-order valence-corrected chi connectivity index (χ1v) is 11.7. The second kappa shape index (κ2) is 8.18. The maximum absolute atomic E-state index is 11.4. The molecule has 9 heteroatoms. The van der Waals surface area contributed by atoms with Crippen LogP contribution < -0.4 is 0 Å². The lowest BCUT2D eigenvalue weighted by Gasteiger charge is -2.49. The van der Waals surface area contributed by atoms with Crippen LogP contribution in [0.4, 0.5) is 0 Å². The fourth-order valence-electron chi connectivity index (χ4n) is 7.00. The maximum atomic E-state index is 11.4. The fourth-order valence-corrected chi connectivity index (χ4v) is 7.00. The van der Waals surface area contributed by atoms with Gasteiger partial charge in [0.15, 0.2) is 12.4 Å². The predicted molar refractivity (Wildman–Crippen MR) is 113 cm³/mol. The zero-order valence-corrected chi connectivity index (χ0v) is 18.4. The summed E-state index contributed by atoms with van der Waals surface area (Å²) in [6, 6.07) is 5.58. The van der Waals surface area contributed by atoms with Gasteiger partial charge in [0.25, 0.3) is 0 Å². The SMILES string of the molecule is C[C@]12CCC3c4ccc(O)cc4CCC3C1CC(OC1OC(C(=O)O)C(O)C(O)C1O)C2O. The number of benzene rings is 1. The number of ether oxygens (including phenoxy) is 2. The molecule has 2 saturated carbocycles. The molecule has 0 amide bonds. The van der Waals surface area contributed by atoms with Crippen molar-refractivity contribution in [2.45, 2.75) is 87.9 Å². The molecule has 1 aromatic carbocycles. The molecule has 33 heavy (non-hydrogen) atoms. The van der Waals surface area contributed by atoms with E-state index in [1.807, 2.05) is 12.1 Å². The van der Waals surface area contributed by atoms with E-state index >= 15 is 0 Å². The van der Waals surface area contributed by atoms with Gasteiger partial charge in [0, 0.05) is 0 Å². The van der Waals surface area contributed by atoms with Crippen molar-refractivity contribution >= 4 is 5.97 Å². The number of hydrogen-bond acceptors (Lipinski definition) is 8. The summed E-state index contributed by atoms with van der Waals surface area (Å²) >= 11 is 0. The highest BCUT2D eigenvalue weighted by Crippen LogP contribution is 2.61. The first-order valence-electron chi connectivity index (χ1n) is 11.7. The molecule has 10 unspecified atom stereocenters. The van der Waals surface area contributed by atoms with Gasteiger partial charge in [-0.3, -0.25) is 0 Å². The summed E-state index contributed by atoms with van der Waals surface area (Å²) in [6.45, 7) is 2.06. The lowest BCUT2D eigenvalue weighted by Crippen LogP contribution is -2.61. The molecule has 1 saturated heterocycles. The van der Waals surface area contributed by atoms with Crippen molar-refractivity contribution in [3.8, 4) is 5.75 Å². The third-order valence-corrected chi connectivity index (χ3v) is 8.78. The average molecular weight is 465 g/mol. The number of carboxylic acids is 1. The summed E-state index contributed by atoms with van der Waals surface area (Å²) in [7, 11) is 0. The molecule has 3 fully saturated rings. The van der Waals surface area contributed by atoms with Crippen LogP contribution >= 0.6 is 0 Å². The summed E-state index contributed by atoms with van der Waals surface area (Å²) in [5.74, 6) is -0.367. The molecule has 5 rings (SSSR count). The van der Waals surface area contributed by atoms with Crippen molar-refractivity contribution in [2.75, 3.05) is 0 Å². The first kappa shape index (κ1) is 23.0. The number of phenols is 1. The van der Waals surface area contributed by atoms with Crippen LogP contribution in [0, 0.1) is 17.3 Å². The molecule has 9 nitrogen and oxygen atoms in total. The molecule has 1 aliphatic heterocycles. The smallest absolute Gasteiger partial charge is 0.335 e. The van der Waals surface area contributed by atoms with Gasteiger partial charge in [0.05, 0.1) is 12.2 Å². The van der Waals surface area contributed by atoms with Crippen molar-refractivity contribution in [2.24, 2.45) is 17.3 Å². The number of rotatable bonds is 3. The lowest BCUT2D eigenvalue weighted by atomic mass is 9.55. The van der Waals surface area contributed by atoms with E-state index in [1.54, 1.807) is 6.07 Å². The molecule has 0 spiro atoms. The monoisotopic (exact) mass is 464 g/mol. The van der Waals surface area contributed by atoms with Crippen LogP contribution in [0.15, 0.2) is 18.2 Å². The topological polar surface area (TPSA) is 157 Å². The summed E-state index contributed by atoms with van der Waals surface area (Å²) in [4.78, 5) is 11.4. The van der Waals surface area contributed by atoms with Crippen molar-refractivity contribution in [1.82, 2.24) is 0 Å². The van der Waals surface area contributed by atoms with Crippen molar-refractivity contribution < 1.29 is 44.9 Å². The molecule has 11 atom stereocenters. The molecule has 0 radical (unpaired) electrons. The Labute approximate surface area is 191 Å². The number of aliphatic carboxylic acids is 1.